The molecule has 3 nitrogen and oxygen atoms in total. The molecule has 0 N–H and O–H groups in total. The molecule has 0 aromatic heterocycles. The number of carbonyl (C=O) groups is 1. The van der Waals surface area contributed by atoms with Gasteiger partial charge in [-0.1, -0.05) is 37.0 Å². The number of hydrogen-bond donors (Lipinski definition) is 0. The third kappa shape index (κ3) is 6.00. The number of esters is 1. The van der Waals surface area contributed by atoms with Gasteiger partial charge in [0, 0.05) is 11.6 Å². The van der Waals surface area contributed by atoms with Crippen molar-refractivity contribution < 1.29 is 9.53 Å². The van der Waals surface area contributed by atoms with E-state index in [0.29, 0.717) is 22.2 Å². The van der Waals surface area contributed by atoms with Crippen LogP contribution in [0.3, 0.4) is 0 Å². The molecular formula is C13H18Cl3NO2. The largest absolute Gasteiger partial charge is 0.461 e. The number of rotatable bonds is 6. The van der Waals surface area contributed by atoms with Crippen molar-refractivity contribution in [3.05, 3.63) is 33.8 Å². The maximum atomic E-state index is 11.8. The summed E-state index contributed by atoms with van der Waals surface area (Å²) in [5.41, 5.74) is 0.348. The Morgan fingerprint density at radius 3 is 2.42 bits per heavy atom. The minimum atomic E-state index is -0.413. The van der Waals surface area contributed by atoms with E-state index in [1.165, 1.54) is 6.07 Å². The van der Waals surface area contributed by atoms with Crippen molar-refractivity contribution in [1.82, 2.24) is 4.90 Å². The molecule has 0 atom stereocenters. The van der Waals surface area contributed by atoms with E-state index < -0.39 is 5.97 Å². The van der Waals surface area contributed by atoms with E-state index in [4.69, 9.17) is 27.9 Å². The molecule has 0 amide bonds. The summed E-state index contributed by atoms with van der Waals surface area (Å²) in [5, 5.41) is 0.815. The van der Waals surface area contributed by atoms with Gasteiger partial charge in [-0.25, -0.2) is 4.79 Å². The van der Waals surface area contributed by atoms with Crippen LogP contribution in [0, 0.1) is 0 Å². The Balaban J connectivity index is 0.00000324. The van der Waals surface area contributed by atoms with Crippen LogP contribution in [0.15, 0.2) is 18.2 Å². The van der Waals surface area contributed by atoms with E-state index in [1.54, 1.807) is 12.1 Å². The molecule has 0 unspecified atom stereocenters. The second-order valence-corrected chi connectivity index (χ2v) is 4.63. The predicted molar refractivity (Wildman–Crippen MR) is 81.8 cm³/mol. The zero-order chi connectivity index (χ0) is 13.5. The first kappa shape index (κ1) is 18.5. The standard InChI is InChI=1S/C13H17Cl2NO2.ClH/c1-3-16(4-2)7-8-18-13(17)11-6-5-10(14)9-12(11)15;/h5-6,9H,3-4,7-8H2,1-2H3;1H. The lowest BCUT2D eigenvalue weighted by molar-refractivity contribution is 0.0466. The van der Waals surface area contributed by atoms with E-state index >= 15 is 0 Å². The SMILES string of the molecule is CCN(CC)CCOC(=O)c1ccc(Cl)cc1Cl.Cl. The summed E-state index contributed by atoms with van der Waals surface area (Å²) in [4.78, 5) is 13.9. The van der Waals surface area contributed by atoms with Crippen molar-refractivity contribution in [1.29, 1.82) is 0 Å². The highest BCUT2D eigenvalue weighted by molar-refractivity contribution is 6.36. The molecule has 108 valence electrons. The summed E-state index contributed by atoms with van der Waals surface area (Å²) >= 11 is 11.7. The third-order valence-corrected chi connectivity index (χ3v) is 3.23. The van der Waals surface area contributed by atoms with Gasteiger partial charge in [-0.3, -0.25) is 0 Å². The van der Waals surface area contributed by atoms with Gasteiger partial charge in [0.1, 0.15) is 6.61 Å². The maximum absolute atomic E-state index is 11.8. The first-order valence-corrected chi connectivity index (χ1v) is 6.68. The molecule has 0 spiro atoms. The van der Waals surface area contributed by atoms with Crippen LogP contribution in [-0.2, 0) is 4.74 Å². The van der Waals surface area contributed by atoms with Crippen LogP contribution in [0.1, 0.15) is 24.2 Å². The van der Waals surface area contributed by atoms with Crippen LogP contribution in [-0.4, -0.2) is 37.1 Å². The average molecular weight is 327 g/mol. The lowest BCUT2D eigenvalue weighted by Crippen LogP contribution is -2.27. The highest BCUT2D eigenvalue weighted by Crippen LogP contribution is 2.21. The smallest absolute Gasteiger partial charge is 0.339 e. The molecule has 0 bridgehead atoms. The molecule has 0 radical (unpaired) electrons. The van der Waals surface area contributed by atoms with Crippen LogP contribution in [0.5, 0.6) is 0 Å². The monoisotopic (exact) mass is 325 g/mol. The Bertz CT molecular complexity index is 409. The molecule has 0 heterocycles. The Morgan fingerprint density at radius 2 is 1.89 bits per heavy atom. The molecule has 19 heavy (non-hydrogen) atoms. The molecule has 1 rings (SSSR count). The van der Waals surface area contributed by atoms with Crippen molar-refractivity contribution in [2.45, 2.75) is 13.8 Å². The zero-order valence-corrected chi connectivity index (χ0v) is 13.3. The Labute approximate surface area is 130 Å². The van der Waals surface area contributed by atoms with Crippen LogP contribution in [0.4, 0.5) is 0 Å². The Hall–Kier alpha value is -0.480. The summed E-state index contributed by atoms with van der Waals surface area (Å²) in [6.45, 7) is 7.11. The highest BCUT2D eigenvalue weighted by atomic mass is 35.5. The van der Waals surface area contributed by atoms with E-state index in [-0.39, 0.29) is 12.4 Å². The van der Waals surface area contributed by atoms with Gasteiger partial charge in [-0.15, -0.1) is 12.4 Å². The quantitative estimate of drug-likeness (QED) is 0.742. The number of nitrogens with zero attached hydrogens (tertiary/aromatic N) is 1. The maximum Gasteiger partial charge on any atom is 0.339 e. The van der Waals surface area contributed by atoms with Crippen molar-refractivity contribution in [3.8, 4) is 0 Å². The number of halogens is 3. The van der Waals surface area contributed by atoms with Crippen molar-refractivity contribution in [2.24, 2.45) is 0 Å². The first-order valence-electron chi connectivity index (χ1n) is 5.93. The van der Waals surface area contributed by atoms with Crippen LogP contribution in [0.25, 0.3) is 0 Å². The van der Waals surface area contributed by atoms with Crippen LogP contribution < -0.4 is 0 Å². The van der Waals surface area contributed by atoms with Crippen molar-refractivity contribution >= 4 is 41.6 Å². The lowest BCUT2D eigenvalue weighted by atomic mass is 10.2. The number of ether oxygens (including phenoxy) is 1. The van der Waals surface area contributed by atoms with Gasteiger partial charge in [0.05, 0.1) is 10.6 Å². The van der Waals surface area contributed by atoms with Gasteiger partial charge in [0.2, 0.25) is 0 Å². The van der Waals surface area contributed by atoms with Gasteiger partial charge in [-0.05, 0) is 31.3 Å². The minimum Gasteiger partial charge on any atom is -0.461 e. The van der Waals surface area contributed by atoms with E-state index in [2.05, 4.69) is 18.7 Å². The highest BCUT2D eigenvalue weighted by Gasteiger charge is 2.12. The van der Waals surface area contributed by atoms with E-state index in [9.17, 15) is 4.79 Å². The number of carbonyl (C=O) groups excluding carboxylic acids is 1. The fourth-order valence-corrected chi connectivity index (χ4v) is 2.03. The van der Waals surface area contributed by atoms with Crippen molar-refractivity contribution in [2.75, 3.05) is 26.2 Å². The Kier molecular flexibility index (Phi) is 9.19. The fraction of sp³-hybridized carbons (Fsp3) is 0.462. The van der Waals surface area contributed by atoms with E-state index in [0.717, 1.165) is 19.6 Å². The molecule has 0 fully saturated rings. The fourth-order valence-electron chi connectivity index (χ4n) is 1.54. The number of benzene rings is 1. The van der Waals surface area contributed by atoms with Gasteiger partial charge in [-0.2, -0.15) is 0 Å². The normalized spacial score (nSPS) is 10.2. The van der Waals surface area contributed by atoms with Gasteiger partial charge in [0.15, 0.2) is 0 Å². The predicted octanol–water partition coefficient (Wildman–Crippen LogP) is 3.91. The average Bonchev–Trinajstić information content (AvgIpc) is 2.34. The molecular weight excluding hydrogens is 309 g/mol. The zero-order valence-electron chi connectivity index (χ0n) is 11.0. The molecule has 1 aromatic rings. The lowest BCUT2D eigenvalue weighted by Gasteiger charge is -2.17. The summed E-state index contributed by atoms with van der Waals surface area (Å²) in [6, 6.07) is 4.73. The molecule has 0 aliphatic carbocycles. The van der Waals surface area contributed by atoms with E-state index in [1.807, 2.05) is 0 Å². The van der Waals surface area contributed by atoms with Gasteiger partial charge >= 0.3 is 5.97 Å². The third-order valence-electron chi connectivity index (χ3n) is 2.69. The molecule has 0 saturated heterocycles. The number of likely N-dealkylation sites (N-methyl/N-ethyl adjacent to an activating group) is 1. The first-order chi connectivity index (χ1) is 8.58. The minimum absolute atomic E-state index is 0. The van der Waals surface area contributed by atoms with Crippen LogP contribution >= 0.6 is 35.6 Å². The molecule has 0 aliphatic rings. The second kappa shape index (κ2) is 9.43. The van der Waals surface area contributed by atoms with Crippen LogP contribution in [0.2, 0.25) is 10.0 Å². The molecule has 0 aliphatic heterocycles. The van der Waals surface area contributed by atoms with Gasteiger partial charge < -0.3 is 9.64 Å². The molecule has 6 heteroatoms. The second-order valence-electron chi connectivity index (χ2n) is 3.79. The van der Waals surface area contributed by atoms with Gasteiger partial charge in [0.25, 0.3) is 0 Å². The molecule has 0 saturated carbocycles. The topological polar surface area (TPSA) is 29.5 Å². The van der Waals surface area contributed by atoms with Crippen molar-refractivity contribution in [3.63, 3.8) is 0 Å². The summed E-state index contributed by atoms with van der Waals surface area (Å²) in [6.07, 6.45) is 0. The Morgan fingerprint density at radius 1 is 1.26 bits per heavy atom. The molecule has 1 aromatic carbocycles. The summed E-state index contributed by atoms with van der Waals surface area (Å²) in [7, 11) is 0. The summed E-state index contributed by atoms with van der Waals surface area (Å²) < 4.78 is 5.17. The summed E-state index contributed by atoms with van der Waals surface area (Å²) in [5.74, 6) is -0.413. The number of hydrogen-bond acceptors (Lipinski definition) is 3.